The highest BCUT2D eigenvalue weighted by Crippen LogP contribution is 2.28. The van der Waals surface area contributed by atoms with Gasteiger partial charge < -0.3 is 0 Å². The van der Waals surface area contributed by atoms with Crippen molar-refractivity contribution in [3.05, 3.63) is 12.3 Å². The lowest BCUT2D eigenvalue weighted by molar-refractivity contribution is 1.57. The second kappa shape index (κ2) is 1.71. The number of halogens is 2. The fraction of sp³-hybridized carbons (Fsp3) is 0.250. The van der Waals surface area contributed by atoms with Crippen molar-refractivity contribution >= 4 is 38.1 Å². The molecule has 1 nitrogen and oxygen atoms in total. The first kappa shape index (κ1) is 5.51. The molecule has 0 saturated heterocycles. The molecule has 0 aromatic carbocycles. The molecule has 0 fully saturated rings. The van der Waals surface area contributed by atoms with Crippen LogP contribution in [-0.2, 0) is 0 Å². The molecule has 1 aliphatic rings. The van der Waals surface area contributed by atoms with Gasteiger partial charge in [0.2, 0.25) is 0 Å². The predicted molar refractivity (Wildman–Crippen MR) is 38.2 cm³/mol. The molecule has 0 atom stereocenters. The highest BCUT2D eigenvalue weighted by molar-refractivity contribution is 9.26. The normalized spacial score (nSPS) is 23.7. The van der Waals surface area contributed by atoms with E-state index < -0.39 is 0 Å². The SMILES string of the molecule is BrC1(Br)C=CN=C1. The Morgan fingerprint density at radius 1 is 1.43 bits per heavy atom. The fourth-order valence-electron chi connectivity index (χ4n) is 0.328. The molecular weight excluding hydrogens is 222 g/mol. The van der Waals surface area contributed by atoms with Gasteiger partial charge in [0, 0.05) is 12.4 Å². The van der Waals surface area contributed by atoms with Crippen molar-refractivity contribution in [3.63, 3.8) is 0 Å². The van der Waals surface area contributed by atoms with Crippen LogP contribution < -0.4 is 0 Å². The maximum Gasteiger partial charge on any atom is 0.135 e. The smallest absolute Gasteiger partial charge is 0.135 e. The summed E-state index contributed by atoms with van der Waals surface area (Å²) in [4.78, 5) is 3.84. The molecule has 0 aromatic rings. The quantitative estimate of drug-likeness (QED) is 0.559. The second-order valence-electron chi connectivity index (χ2n) is 1.27. The van der Waals surface area contributed by atoms with Gasteiger partial charge in [-0.2, -0.15) is 0 Å². The molecular formula is C4H3Br2N. The van der Waals surface area contributed by atoms with Crippen LogP contribution in [-0.4, -0.2) is 9.45 Å². The summed E-state index contributed by atoms with van der Waals surface area (Å²) in [6.45, 7) is 0. The van der Waals surface area contributed by atoms with Gasteiger partial charge in [-0.25, -0.2) is 0 Å². The molecule has 7 heavy (non-hydrogen) atoms. The van der Waals surface area contributed by atoms with E-state index >= 15 is 0 Å². The molecule has 0 amide bonds. The highest BCUT2D eigenvalue weighted by atomic mass is 79.9. The van der Waals surface area contributed by atoms with Crippen LogP contribution in [0.1, 0.15) is 0 Å². The maximum atomic E-state index is 3.84. The van der Waals surface area contributed by atoms with Crippen molar-refractivity contribution in [1.82, 2.24) is 0 Å². The van der Waals surface area contributed by atoms with E-state index in [-0.39, 0.29) is 3.23 Å². The number of hydrogen-bond acceptors (Lipinski definition) is 1. The van der Waals surface area contributed by atoms with Crippen LogP contribution in [0.5, 0.6) is 0 Å². The van der Waals surface area contributed by atoms with Gasteiger partial charge in [0.25, 0.3) is 0 Å². The summed E-state index contributed by atoms with van der Waals surface area (Å²) < 4.78 is -0.153. The number of hydrogen-bond donors (Lipinski definition) is 0. The zero-order chi connectivity index (χ0) is 5.33. The average molecular weight is 225 g/mol. The van der Waals surface area contributed by atoms with Gasteiger partial charge in [-0.1, -0.05) is 31.9 Å². The van der Waals surface area contributed by atoms with Gasteiger partial charge in [-0.3, -0.25) is 4.99 Å². The summed E-state index contributed by atoms with van der Waals surface area (Å²) in [7, 11) is 0. The van der Waals surface area contributed by atoms with E-state index in [1.54, 1.807) is 12.4 Å². The van der Waals surface area contributed by atoms with Crippen molar-refractivity contribution in [1.29, 1.82) is 0 Å². The molecule has 3 heteroatoms. The van der Waals surface area contributed by atoms with Crippen molar-refractivity contribution < 1.29 is 0 Å². The van der Waals surface area contributed by atoms with Gasteiger partial charge in [0.1, 0.15) is 3.23 Å². The number of allylic oxidation sites excluding steroid dienone is 1. The van der Waals surface area contributed by atoms with Crippen LogP contribution in [0.3, 0.4) is 0 Å². The molecule has 0 spiro atoms. The zero-order valence-corrected chi connectivity index (χ0v) is 6.61. The Bertz CT molecular complexity index is 112. The Kier molecular flexibility index (Phi) is 1.34. The topological polar surface area (TPSA) is 12.4 Å². The average Bonchev–Trinajstić information content (AvgIpc) is 1.84. The minimum atomic E-state index is -0.153. The van der Waals surface area contributed by atoms with E-state index in [0.717, 1.165) is 0 Å². The van der Waals surface area contributed by atoms with E-state index in [4.69, 9.17) is 0 Å². The van der Waals surface area contributed by atoms with Crippen LogP contribution >= 0.6 is 31.9 Å². The molecule has 0 unspecified atom stereocenters. The Balaban J connectivity index is 2.77. The molecule has 0 aromatic heterocycles. The zero-order valence-electron chi connectivity index (χ0n) is 3.44. The largest absolute Gasteiger partial charge is 0.267 e. The minimum Gasteiger partial charge on any atom is -0.267 e. The van der Waals surface area contributed by atoms with Crippen molar-refractivity contribution in [2.45, 2.75) is 3.23 Å². The predicted octanol–water partition coefficient (Wildman–Crippen LogP) is 2.07. The molecule has 1 heterocycles. The third-order valence-corrected chi connectivity index (χ3v) is 1.57. The molecule has 0 bridgehead atoms. The van der Waals surface area contributed by atoms with Gasteiger partial charge in [-0.15, -0.1) is 0 Å². The molecule has 0 aliphatic carbocycles. The van der Waals surface area contributed by atoms with Crippen molar-refractivity contribution in [2.75, 3.05) is 0 Å². The van der Waals surface area contributed by atoms with Gasteiger partial charge in [0.15, 0.2) is 0 Å². The lowest BCUT2D eigenvalue weighted by atomic mass is 10.5. The first-order valence-electron chi connectivity index (χ1n) is 1.81. The highest BCUT2D eigenvalue weighted by Gasteiger charge is 2.17. The lowest BCUT2D eigenvalue weighted by Gasteiger charge is -1.99. The molecule has 38 valence electrons. The second-order valence-corrected chi connectivity index (χ2v) is 4.96. The third kappa shape index (κ3) is 1.39. The summed E-state index contributed by atoms with van der Waals surface area (Å²) in [5.41, 5.74) is 0. The summed E-state index contributed by atoms with van der Waals surface area (Å²) in [6, 6.07) is 0. The summed E-state index contributed by atoms with van der Waals surface area (Å²) in [6.07, 6.45) is 5.42. The van der Waals surface area contributed by atoms with E-state index in [9.17, 15) is 0 Å². The number of nitrogens with zero attached hydrogens (tertiary/aromatic N) is 1. The van der Waals surface area contributed by atoms with E-state index in [1.165, 1.54) is 0 Å². The third-order valence-electron chi connectivity index (χ3n) is 0.629. The molecule has 0 saturated carbocycles. The molecule has 1 rings (SSSR count). The Hall–Kier alpha value is 0.370. The van der Waals surface area contributed by atoms with E-state index in [2.05, 4.69) is 36.9 Å². The fourth-order valence-corrected chi connectivity index (χ4v) is 0.801. The van der Waals surface area contributed by atoms with Crippen molar-refractivity contribution in [3.8, 4) is 0 Å². The minimum absolute atomic E-state index is 0.153. The number of aliphatic imine (C=N–C) groups is 1. The Morgan fingerprint density at radius 2 is 2.14 bits per heavy atom. The first-order valence-corrected chi connectivity index (χ1v) is 3.39. The molecule has 0 N–H and O–H groups in total. The summed E-state index contributed by atoms with van der Waals surface area (Å²) in [5, 5.41) is 0. The van der Waals surface area contributed by atoms with Crippen LogP contribution in [0, 0.1) is 0 Å². The summed E-state index contributed by atoms with van der Waals surface area (Å²) in [5.74, 6) is 0. The van der Waals surface area contributed by atoms with Crippen LogP contribution in [0.15, 0.2) is 17.3 Å². The van der Waals surface area contributed by atoms with Crippen LogP contribution in [0.25, 0.3) is 0 Å². The first-order chi connectivity index (χ1) is 3.21. The van der Waals surface area contributed by atoms with Crippen molar-refractivity contribution in [2.24, 2.45) is 4.99 Å². The van der Waals surface area contributed by atoms with Gasteiger partial charge in [-0.05, 0) is 6.08 Å². The molecule has 1 aliphatic heterocycles. The van der Waals surface area contributed by atoms with Gasteiger partial charge in [0.05, 0.1) is 0 Å². The van der Waals surface area contributed by atoms with Crippen LogP contribution in [0.2, 0.25) is 0 Å². The number of rotatable bonds is 0. The standard InChI is InChI=1S/C4H3Br2N/c5-4(6)1-2-7-3-4/h1-3H. The molecule has 0 radical (unpaired) electrons. The van der Waals surface area contributed by atoms with E-state index in [1.807, 2.05) is 6.08 Å². The van der Waals surface area contributed by atoms with Gasteiger partial charge >= 0.3 is 0 Å². The maximum absolute atomic E-state index is 3.84. The summed E-state index contributed by atoms with van der Waals surface area (Å²) >= 11 is 6.65. The Labute approximate surface area is 58.8 Å². The van der Waals surface area contributed by atoms with Crippen LogP contribution in [0.4, 0.5) is 0 Å². The van der Waals surface area contributed by atoms with E-state index in [0.29, 0.717) is 0 Å². The Morgan fingerprint density at radius 3 is 2.29 bits per heavy atom. The monoisotopic (exact) mass is 223 g/mol. The number of alkyl halides is 2. The lowest BCUT2D eigenvalue weighted by Crippen LogP contribution is -2.03.